The number of amides is 3. The van der Waals surface area contributed by atoms with Crippen LogP contribution in [0.2, 0.25) is 0 Å². The second-order valence-corrected chi connectivity index (χ2v) is 20.7. The largest absolute Gasteiger partial charge is 0.463 e. The Morgan fingerprint density at radius 2 is 0.865 bits per heavy atom. The average Bonchev–Trinajstić information content (AvgIpc) is 1.76. The van der Waals surface area contributed by atoms with Gasteiger partial charge in [0.25, 0.3) is 11.8 Å². The Kier molecular flexibility index (Phi) is 21.0. The van der Waals surface area contributed by atoms with Gasteiger partial charge in [0.2, 0.25) is 5.91 Å². The highest BCUT2D eigenvalue weighted by Gasteiger charge is 2.60. The molecule has 0 unspecified atom stereocenters. The molecule has 0 radical (unpaired) electrons. The van der Waals surface area contributed by atoms with Crippen molar-refractivity contribution in [1.29, 1.82) is 0 Å². The van der Waals surface area contributed by atoms with Gasteiger partial charge < -0.3 is 72.0 Å². The molecule has 26 nitrogen and oxygen atoms in total. The van der Waals surface area contributed by atoms with Crippen molar-refractivity contribution in [3.8, 4) is 0 Å². The molecule has 0 aromatic heterocycles. The molecular weight excluding hydrogens is 1170 g/mol. The first-order chi connectivity index (χ1) is 42.8. The fraction of sp³-hybridized carbons (Fsp3) is 0.365. The summed E-state index contributed by atoms with van der Waals surface area (Å²) in [7, 11) is 1.18. The van der Waals surface area contributed by atoms with Gasteiger partial charge in [0, 0.05) is 34.8 Å². The lowest BCUT2D eigenvalue weighted by atomic mass is 9.94. The lowest BCUT2D eigenvalue weighted by Gasteiger charge is -2.49. The highest BCUT2D eigenvalue weighted by Crippen LogP contribution is 2.38. The standard InChI is InChI=1S/C63H62N2O24/c1-33(66)64-46-51(48(70)43(83-61(46)77-5)30-80-62-47(65-55(71)41-28-18-19-29-42(41)56(65)72)52(82-36(4)69)49(81-35(3)68)44(84-62)31-78-34(2)67)89-63-54(88-60(76)40-26-16-9-17-27-40)53(87-59(75)39-24-14-8-15-25-39)50(86-58(74)38-22-12-7-13-23-38)45(85-63)32-79-57(73)37-20-10-6-11-21-37/h6-29,43-54,61-63,70H,30-32H2,1-5H3,(H,64,66)/t43-,44-,45-,46-,47-,48+,49-,50+,51-,52-,53+,54-,61+,62-,63+/m1/s1. The summed E-state index contributed by atoms with van der Waals surface area (Å²) in [4.78, 5) is 137. The molecule has 4 aliphatic heterocycles. The molecule has 26 heteroatoms. The predicted octanol–water partition coefficient (Wildman–Crippen LogP) is 3.70. The minimum Gasteiger partial charge on any atom is -0.463 e. The van der Waals surface area contributed by atoms with Crippen molar-refractivity contribution in [2.24, 2.45) is 0 Å². The molecule has 2 N–H and O–H groups in total. The van der Waals surface area contributed by atoms with E-state index in [1.807, 2.05) is 0 Å². The number of fused-ring (bicyclic) bond motifs is 1. The highest BCUT2D eigenvalue weighted by atomic mass is 16.8. The van der Waals surface area contributed by atoms with Gasteiger partial charge in [0.1, 0.15) is 55.8 Å². The molecule has 5 aromatic carbocycles. The second-order valence-electron chi connectivity index (χ2n) is 20.7. The summed E-state index contributed by atoms with van der Waals surface area (Å²) in [6.45, 7) is 1.96. The number of carbonyl (C=O) groups excluding carboxylic acids is 10. The third-order valence-corrected chi connectivity index (χ3v) is 14.5. The first-order valence-electron chi connectivity index (χ1n) is 28.0. The van der Waals surface area contributed by atoms with Gasteiger partial charge in [0.05, 0.1) is 40.0 Å². The van der Waals surface area contributed by atoms with Crippen LogP contribution in [0.15, 0.2) is 146 Å². The van der Waals surface area contributed by atoms with Crippen molar-refractivity contribution in [3.05, 3.63) is 179 Å². The SMILES string of the molecule is CO[C@H]1O[C@H](CO[C@@H]2O[C@H](COC(C)=O)[C@@H](OC(C)=O)[C@H](OC(C)=O)[C@H]2N2C(=O)c3ccccc3C2=O)[C@H](O)[C@H](O[C@@H]2O[C@H](COC(=O)c3ccccc3)[C@H](OC(=O)c3ccccc3)[C@H](OC(=O)c3ccccc3)[C@H]2OC(=O)c2ccccc2)[C@H]1NC(C)=O. The molecule has 4 aliphatic rings. The van der Waals surface area contributed by atoms with E-state index in [4.69, 9.17) is 61.6 Å². The van der Waals surface area contributed by atoms with Crippen LogP contribution in [0.25, 0.3) is 0 Å². The van der Waals surface area contributed by atoms with Crippen LogP contribution < -0.4 is 5.32 Å². The van der Waals surface area contributed by atoms with Crippen LogP contribution >= 0.6 is 0 Å². The van der Waals surface area contributed by atoms with Gasteiger partial charge in [-0.25, -0.2) is 19.2 Å². The zero-order valence-corrected chi connectivity index (χ0v) is 48.4. The Labute approximate surface area is 508 Å². The Balaban J connectivity index is 1.12. The summed E-state index contributed by atoms with van der Waals surface area (Å²) in [6.07, 6.45) is -23.7. The summed E-state index contributed by atoms with van der Waals surface area (Å²) in [5.41, 5.74) is -0.0730. The molecule has 0 spiro atoms. The predicted molar refractivity (Wildman–Crippen MR) is 300 cm³/mol. The Bertz CT molecular complexity index is 3340. The highest BCUT2D eigenvalue weighted by molar-refractivity contribution is 6.21. The van der Waals surface area contributed by atoms with Crippen LogP contribution in [-0.2, 0) is 80.8 Å². The van der Waals surface area contributed by atoms with Crippen LogP contribution in [0.1, 0.15) is 89.8 Å². The topological polar surface area (TPSA) is 326 Å². The molecule has 5 aromatic rings. The van der Waals surface area contributed by atoms with E-state index >= 15 is 0 Å². The maximum Gasteiger partial charge on any atom is 0.338 e. The van der Waals surface area contributed by atoms with Gasteiger partial charge >= 0.3 is 41.8 Å². The van der Waals surface area contributed by atoms with Gasteiger partial charge in [-0.2, -0.15) is 0 Å². The zero-order chi connectivity index (χ0) is 63.5. The average molecular weight is 1230 g/mol. The third kappa shape index (κ3) is 15.2. The number of esters is 7. The molecular formula is C63H62N2O24. The Hall–Kier alpha value is -9.28. The fourth-order valence-corrected chi connectivity index (χ4v) is 10.6. The van der Waals surface area contributed by atoms with Gasteiger partial charge in [0.15, 0.2) is 49.4 Å². The number of rotatable bonds is 21. The minimum atomic E-state index is -2.08. The molecule has 3 saturated heterocycles. The van der Waals surface area contributed by atoms with E-state index in [2.05, 4.69) is 5.32 Å². The smallest absolute Gasteiger partial charge is 0.338 e. The molecule has 468 valence electrons. The van der Waals surface area contributed by atoms with Crippen molar-refractivity contribution in [1.82, 2.24) is 10.2 Å². The minimum absolute atomic E-state index is 0.0129. The Morgan fingerprint density at radius 3 is 1.34 bits per heavy atom. The lowest BCUT2D eigenvalue weighted by Crippen LogP contribution is -2.69. The van der Waals surface area contributed by atoms with Gasteiger partial charge in [-0.3, -0.25) is 33.7 Å². The summed E-state index contributed by atoms with van der Waals surface area (Å²) >= 11 is 0. The number of hydrogen-bond acceptors (Lipinski definition) is 24. The molecule has 4 heterocycles. The number of carbonyl (C=O) groups is 10. The quantitative estimate of drug-likeness (QED) is 0.0601. The fourth-order valence-electron chi connectivity index (χ4n) is 10.6. The number of hydrogen-bond donors (Lipinski definition) is 2. The molecule has 0 aliphatic carbocycles. The van der Waals surface area contributed by atoms with E-state index in [9.17, 15) is 53.1 Å². The van der Waals surface area contributed by atoms with Crippen LogP contribution in [-0.4, -0.2) is 188 Å². The first-order valence-corrected chi connectivity index (χ1v) is 28.0. The Morgan fingerprint density at radius 1 is 0.449 bits per heavy atom. The molecule has 89 heavy (non-hydrogen) atoms. The number of benzene rings is 5. The summed E-state index contributed by atoms with van der Waals surface area (Å²) in [6, 6.07) is 32.9. The number of nitrogens with one attached hydrogen (secondary N) is 1. The number of aliphatic hydroxyl groups is 1. The van der Waals surface area contributed by atoms with Crippen LogP contribution in [0, 0.1) is 0 Å². The van der Waals surface area contributed by atoms with E-state index in [0.29, 0.717) is 4.90 Å². The lowest BCUT2D eigenvalue weighted by molar-refractivity contribution is -0.346. The summed E-state index contributed by atoms with van der Waals surface area (Å²) in [5, 5.41) is 15.4. The van der Waals surface area contributed by atoms with E-state index in [0.717, 1.165) is 27.7 Å². The van der Waals surface area contributed by atoms with Gasteiger partial charge in [-0.05, 0) is 60.7 Å². The van der Waals surface area contributed by atoms with Crippen molar-refractivity contribution in [3.63, 3.8) is 0 Å². The van der Waals surface area contributed by atoms with Gasteiger partial charge in [-0.1, -0.05) is 84.9 Å². The van der Waals surface area contributed by atoms with Crippen molar-refractivity contribution in [2.45, 2.75) is 120 Å². The molecule has 3 amide bonds. The molecule has 9 rings (SSSR count). The number of ether oxygens (including phenoxy) is 13. The monoisotopic (exact) mass is 1230 g/mol. The normalized spacial score (nSPS) is 27.2. The van der Waals surface area contributed by atoms with Crippen LogP contribution in [0.5, 0.6) is 0 Å². The summed E-state index contributed by atoms with van der Waals surface area (Å²) in [5.74, 6) is -9.22. The van der Waals surface area contributed by atoms with Crippen molar-refractivity contribution >= 4 is 59.5 Å². The number of nitrogens with zero attached hydrogens (tertiary/aromatic N) is 1. The van der Waals surface area contributed by atoms with E-state index < -0.39 is 171 Å². The molecule has 0 bridgehead atoms. The van der Waals surface area contributed by atoms with Crippen molar-refractivity contribution in [2.75, 3.05) is 26.9 Å². The van der Waals surface area contributed by atoms with Gasteiger partial charge in [-0.15, -0.1) is 0 Å². The van der Waals surface area contributed by atoms with E-state index in [-0.39, 0.29) is 33.4 Å². The van der Waals surface area contributed by atoms with E-state index in [1.54, 1.807) is 60.7 Å². The third-order valence-electron chi connectivity index (χ3n) is 14.5. The van der Waals surface area contributed by atoms with Crippen LogP contribution in [0.3, 0.4) is 0 Å². The van der Waals surface area contributed by atoms with Crippen molar-refractivity contribution < 1.29 is 115 Å². The molecule has 3 fully saturated rings. The summed E-state index contributed by atoms with van der Waals surface area (Å²) < 4.78 is 79.2. The number of methoxy groups -OCH3 is 1. The molecule has 15 atom stereocenters. The maximum atomic E-state index is 14.4. The second kappa shape index (κ2) is 29.1. The number of aliphatic hydroxyl groups excluding tert-OH is 1. The zero-order valence-electron chi connectivity index (χ0n) is 48.4. The van der Waals surface area contributed by atoms with Crippen LogP contribution in [0.4, 0.5) is 0 Å². The number of imide groups is 1. The first kappa shape index (κ1) is 64.2. The van der Waals surface area contributed by atoms with E-state index in [1.165, 1.54) is 92.0 Å². The maximum absolute atomic E-state index is 14.4. The molecule has 0 saturated carbocycles.